The van der Waals surface area contributed by atoms with Gasteiger partial charge in [-0.05, 0) is 75.1 Å². The van der Waals surface area contributed by atoms with E-state index >= 15 is 0 Å². The molecule has 1 aromatic carbocycles. The van der Waals surface area contributed by atoms with Crippen LogP contribution in [0.25, 0.3) is 11.0 Å². The summed E-state index contributed by atoms with van der Waals surface area (Å²) in [5, 5.41) is 0.740. The maximum absolute atomic E-state index is 13.5. The molecule has 0 fully saturated rings. The summed E-state index contributed by atoms with van der Waals surface area (Å²) in [4.78, 5) is 18.7. The van der Waals surface area contributed by atoms with Crippen molar-refractivity contribution < 1.29 is 22.4 Å². The molecule has 2 heterocycles. The average Bonchev–Trinajstić information content (AvgIpc) is 3.25. The molecule has 2 aromatic heterocycles. The summed E-state index contributed by atoms with van der Waals surface area (Å²) in [5.41, 5.74) is 0.932. The van der Waals surface area contributed by atoms with Crippen molar-refractivity contribution in [2.45, 2.75) is 58.1 Å². The van der Waals surface area contributed by atoms with Crippen LogP contribution in [0.2, 0.25) is 0 Å². The molecule has 9 heteroatoms. The fourth-order valence-electron chi connectivity index (χ4n) is 3.68. The minimum atomic E-state index is -3.72. The maximum Gasteiger partial charge on any atom is 0.410 e. The molecule has 0 atom stereocenters. The summed E-state index contributed by atoms with van der Waals surface area (Å²) >= 11 is 0. The third kappa shape index (κ3) is 7.53. The highest BCUT2D eigenvalue weighted by Crippen LogP contribution is 2.24. The Morgan fingerprint density at radius 2 is 1.80 bits per heavy atom. The highest BCUT2D eigenvalue weighted by Gasteiger charge is 2.27. The number of hydrogen-bond acceptors (Lipinski definition) is 6. The number of carbonyl (C=O) groups is 1. The van der Waals surface area contributed by atoms with E-state index in [1.165, 1.54) is 4.31 Å². The second-order valence-electron chi connectivity index (χ2n) is 9.99. The van der Waals surface area contributed by atoms with Crippen molar-refractivity contribution >= 4 is 27.1 Å². The van der Waals surface area contributed by atoms with E-state index < -0.39 is 21.7 Å². The van der Waals surface area contributed by atoms with Crippen LogP contribution in [0.3, 0.4) is 0 Å². The molecule has 0 aliphatic carbocycles. The Hall–Kier alpha value is -2.91. The first kappa shape index (κ1) is 26.7. The zero-order valence-electron chi connectivity index (χ0n) is 21.1. The number of sulfonamides is 1. The fraction of sp³-hybridized carbons (Fsp3) is 0.462. The Labute approximate surface area is 207 Å². The molecule has 35 heavy (non-hydrogen) atoms. The van der Waals surface area contributed by atoms with Crippen LogP contribution in [0, 0.1) is 5.92 Å². The van der Waals surface area contributed by atoms with Crippen molar-refractivity contribution in [1.82, 2.24) is 14.2 Å². The van der Waals surface area contributed by atoms with E-state index in [-0.39, 0.29) is 17.4 Å². The largest absolute Gasteiger partial charge is 0.464 e. The maximum atomic E-state index is 13.5. The van der Waals surface area contributed by atoms with Gasteiger partial charge in [0, 0.05) is 44.0 Å². The number of carbonyl (C=O) groups excluding carboxylic acids is 1. The molecule has 3 aromatic rings. The van der Waals surface area contributed by atoms with E-state index in [0.717, 1.165) is 10.9 Å². The van der Waals surface area contributed by atoms with Gasteiger partial charge in [-0.25, -0.2) is 13.2 Å². The first-order valence-electron chi connectivity index (χ1n) is 11.8. The number of benzene rings is 1. The zero-order chi connectivity index (χ0) is 25.6. The van der Waals surface area contributed by atoms with E-state index in [0.29, 0.717) is 31.6 Å². The Bertz CT molecular complexity index is 1220. The van der Waals surface area contributed by atoms with Crippen LogP contribution >= 0.6 is 0 Å². The normalized spacial score (nSPS) is 12.4. The standard InChI is InChI=1S/C26H35N3O5S/c1-20(2)18-29(35(31,32)23-7-8-24-22(17-23)11-16-33-24)15-6-14-28(25(30)34-26(3,4)5)19-21-9-12-27-13-10-21/h7-13,16-17,20H,6,14-15,18-19H2,1-5H3. The van der Waals surface area contributed by atoms with Crippen LogP contribution in [-0.2, 0) is 21.3 Å². The summed E-state index contributed by atoms with van der Waals surface area (Å²) in [6, 6.07) is 10.3. The van der Waals surface area contributed by atoms with Crippen LogP contribution in [0.15, 0.2) is 64.4 Å². The number of furan rings is 1. The van der Waals surface area contributed by atoms with Gasteiger partial charge in [0.25, 0.3) is 0 Å². The number of aromatic nitrogens is 1. The van der Waals surface area contributed by atoms with E-state index in [2.05, 4.69) is 4.98 Å². The van der Waals surface area contributed by atoms with E-state index in [9.17, 15) is 13.2 Å². The predicted molar refractivity (Wildman–Crippen MR) is 135 cm³/mol. The molecule has 0 aliphatic rings. The monoisotopic (exact) mass is 501 g/mol. The molecule has 0 saturated heterocycles. The minimum Gasteiger partial charge on any atom is -0.464 e. The number of hydrogen-bond donors (Lipinski definition) is 0. The van der Waals surface area contributed by atoms with Gasteiger partial charge in [-0.15, -0.1) is 0 Å². The van der Waals surface area contributed by atoms with Crippen molar-refractivity contribution in [3.63, 3.8) is 0 Å². The van der Waals surface area contributed by atoms with Gasteiger partial charge in [0.2, 0.25) is 10.0 Å². The number of rotatable bonds is 10. The molecular weight excluding hydrogens is 466 g/mol. The molecule has 8 nitrogen and oxygen atoms in total. The van der Waals surface area contributed by atoms with Gasteiger partial charge in [-0.1, -0.05) is 13.8 Å². The lowest BCUT2D eigenvalue weighted by molar-refractivity contribution is 0.0229. The SMILES string of the molecule is CC(C)CN(CCCN(Cc1ccncc1)C(=O)OC(C)(C)C)S(=O)(=O)c1ccc2occc2c1. The summed E-state index contributed by atoms with van der Waals surface area (Å²) < 4.78 is 39.4. The molecule has 0 aliphatic heterocycles. The Kier molecular flexibility index (Phi) is 8.56. The topological polar surface area (TPSA) is 93.0 Å². The second-order valence-corrected chi connectivity index (χ2v) is 11.9. The Morgan fingerprint density at radius 1 is 1.09 bits per heavy atom. The number of fused-ring (bicyclic) bond motifs is 1. The third-order valence-corrected chi connectivity index (χ3v) is 7.10. The minimum absolute atomic E-state index is 0.140. The van der Waals surface area contributed by atoms with Gasteiger partial charge in [-0.3, -0.25) is 4.98 Å². The molecule has 0 unspecified atom stereocenters. The van der Waals surface area contributed by atoms with Crippen LogP contribution in [-0.4, -0.2) is 53.9 Å². The molecule has 190 valence electrons. The molecule has 0 N–H and O–H groups in total. The zero-order valence-corrected chi connectivity index (χ0v) is 21.9. The van der Waals surface area contributed by atoms with E-state index in [1.54, 1.807) is 47.8 Å². The molecule has 0 radical (unpaired) electrons. The van der Waals surface area contributed by atoms with Gasteiger partial charge in [0.15, 0.2) is 0 Å². The quantitative estimate of drug-likeness (QED) is 0.374. The van der Waals surface area contributed by atoms with Gasteiger partial charge in [-0.2, -0.15) is 4.31 Å². The van der Waals surface area contributed by atoms with Crippen LogP contribution in [0.5, 0.6) is 0 Å². The van der Waals surface area contributed by atoms with Crippen molar-refractivity contribution in [1.29, 1.82) is 0 Å². The lowest BCUT2D eigenvalue weighted by atomic mass is 10.2. The van der Waals surface area contributed by atoms with Crippen molar-refractivity contribution in [2.75, 3.05) is 19.6 Å². The smallest absolute Gasteiger partial charge is 0.410 e. The summed E-state index contributed by atoms with van der Waals surface area (Å²) in [5.74, 6) is 0.140. The Morgan fingerprint density at radius 3 is 2.46 bits per heavy atom. The number of amides is 1. The molecule has 0 saturated carbocycles. The lowest BCUT2D eigenvalue weighted by Crippen LogP contribution is -2.40. The Balaban J connectivity index is 1.75. The molecule has 3 rings (SSSR count). The van der Waals surface area contributed by atoms with Crippen LogP contribution in [0.1, 0.15) is 46.6 Å². The van der Waals surface area contributed by atoms with Crippen molar-refractivity contribution in [3.05, 3.63) is 60.6 Å². The second kappa shape index (κ2) is 11.2. The van der Waals surface area contributed by atoms with Crippen LogP contribution < -0.4 is 0 Å². The molecular formula is C26H35N3O5S. The average molecular weight is 502 g/mol. The first-order chi connectivity index (χ1) is 16.5. The summed E-state index contributed by atoms with van der Waals surface area (Å²) in [7, 11) is -3.72. The molecule has 0 spiro atoms. The predicted octanol–water partition coefficient (Wildman–Crippen LogP) is 5.30. The third-order valence-electron chi connectivity index (χ3n) is 5.24. The van der Waals surface area contributed by atoms with Crippen LogP contribution in [0.4, 0.5) is 4.79 Å². The number of ether oxygens (including phenoxy) is 1. The van der Waals surface area contributed by atoms with E-state index in [4.69, 9.17) is 9.15 Å². The summed E-state index contributed by atoms with van der Waals surface area (Å²) in [6.07, 6.45) is 4.93. The van der Waals surface area contributed by atoms with E-state index in [1.807, 2.05) is 46.8 Å². The van der Waals surface area contributed by atoms with Gasteiger partial charge >= 0.3 is 6.09 Å². The summed E-state index contributed by atoms with van der Waals surface area (Å²) in [6.45, 7) is 10.8. The molecule has 0 bridgehead atoms. The lowest BCUT2D eigenvalue weighted by Gasteiger charge is -2.29. The fourth-order valence-corrected chi connectivity index (χ4v) is 5.36. The number of pyridine rings is 1. The highest BCUT2D eigenvalue weighted by atomic mass is 32.2. The first-order valence-corrected chi connectivity index (χ1v) is 13.2. The number of nitrogens with zero attached hydrogens (tertiary/aromatic N) is 3. The van der Waals surface area contributed by atoms with Gasteiger partial charge in [0.05, 0.1) is 11.2 Å². The highest BCUT2D eigenvalue weighted by molar-refractivity contribution is 7.89. The molecule has 1 amide bonds. The van der Waals surface area contributed by atoms with Crippen molar-refractivity contribution in [2.24, 2.45) is 5.92 Å². The van der Waals surface area contributed by atoms with Gasteiger partial charge in [0.1, 0.15) is 11.2 Å². The van der Waals surface area contributed by atoms with Crippen molar-refractivity contribution in [3.8, 4) is 0 Å². The van der Waals surface area contributed by atoms with Gasteiger partial charge < -0.3 is 14.1 Å².